The van der Waals surface area contributed by atoms with E-state index in [1.807, 2.05) is 53.5 Å². The predicted molar refractivity (Wildman–Crippen MR) is 97.9 cm³/mol. The third kappa shape index (κ3) is 7.56. The van der Waals surface area contributed by atoms with Gasteiger partial charge in [-0.3, -0.25) is 19.3 Å². The number of hydrogen-bond donors (Lipinski definition) is 1. The van der Waals surface area contributed by atoms with Gasteiger partial charge < -0.3 is 5.32 Å². The Morgan fingerprint density at radius 2 is 1.33 bits per heavy atom. The molecular weight excluding hydrogens is 304 g/mol. The van der Waals surface area contributed by atoms with Crippen molar-refractivity contribution in [3.05, 3.63) is 0 Å². The molecule has 0 bridgehead atoms. The fraction of sp³-hybridized carbons (Fsp3) is 0.842. The Morgan fingerprint density at radius 1 is 0.875 bits per heavy atom. The van der Waals surface area contributed by atoms with E-state index in [-0.39, 0.29) is 36.0 Å². The van der Waals surface area contributed by atoms with Gasteiger partial charge in [0.2, 0.25) is 5.91 Å². The molecule has 0 aliphatic rings. The summed E-state index contributed by atoms with van der Waals surface area (Å²) in [6.07, 6.45) is 0.0323. The lowest BCUT2D eigenvalue weighted by atomic mass is 9.81. The highest BCUT2D eigenvalue weighted by atomic mass is 16.2. The number of rotatable bonds is 6. The molecule has 0 aromatic heterocycles. The largest absolute Gasteiger partial charge is 0.345 e. The summed E-state index contributed by atoms with van der Waals surface area (Å²) in [5, 5.41) is 2.78. The van der Waals surface area contributed by atoms with Gasteiger partial charge in [-0.15, -0.1) is 0 Å². The highest BCUT2D eigenvalue weighted by Crippen LogP contribution is 2.23. The van der Waals surface area contributed by atoms with Gasteiger partial charge in [-0.2, -0.15) is 0 Å². The molecule has 24 heavy (non-hydrogen) atoms. The molecule has 0 aromatic carbocycles. The van der Waals surface area contributed by atoms with Crippen molar-refractivity contribution in [3.63, 3.8) is 0 Å². The van der Waals surface area contributed by atoms with E-state index < -0.39 is 16.9 Å². The lowest BCUT2D eigenvalue weighted by Crippen LogP contribution is -2.52. The van der Waals surface area contributed by atoms with Gasteiger partial charge in [0.1, 0.15) is 5.78 Å². The van der Waals surface area contributed by atoms with Gasteiger partial charge in [0.15, 0.2) is 5.78 Å². The normalized spacial score (nSPS) is 14.5. The molecule has 1 amide bonds. The van der Waals surface area contributed by atoms with Gasteiger partial charge in [-0.05, 0) is 27.8 Å². The van der Waals surface area contributed by atoms with Gasteiger partial charge in [0.25, 0.3) is 0 Å². The minimum Gasteiger partial charge on any atom is -0.345 e. The zero-order valence-electron chi connectivity index (χ0n) is 17.2. The van der Waals surface area contributed by atoms with Crippen LogP contribution in [0.3, 0.4) is 0 Å². The molecule has 0 aliphatic carbocycles. The van der Waals surface area contributed by atoms with E-state index >= 15 is 0 Å². The van der Waals surface area contributed by atoms with Crippen molar-refractivity contribution in [2.75, 3.05) is 13.6 Å². The first-order chi connectivity index (χ1) is 10.5. The first kappa shape index (κ1) is 22.8. The van der Waals surface area contributed by atoms with Crippen LogP contribution in [0.5, 0.6) is 0 Å². The van der Waals surface area contributed by atoms with Crippen LogP contribution in [0, 0.1) is 10.8 Å². The molecule has 1 atom stereocenters. The number of likely N-dealkylation sites (N-methyl/N-ethyl adjacent to an activating group) is 1. The maximum Gasteiger partial charge on any atom is 0.234 e. The zero-order valence-corrected chi connectivity index (χ0v) is 17.2. The molecule has 0 heterocycles. The van der Waals surface area contributed by atoms with Crippen molar-refractivity contribution in [2.24, 2.45) is 10.8 Å². The molecule has 1 N–H and O–H groups in total. The summed E-state index contributed by atoms with van der Waals surface area (Å²) in [4.78, 5) is 39.3. The summed E-state index contributed by atoms with van der Waals surface area (Å²) in [7, 11) is 1.86. The predicted octanol–water partition coefficient (Wildman–Crippen LogP) is 2.82. The lowest BCUT2D eigenvalue weighted by molar-refractivity contribution is -0.136. The molecule has 0 spiro atoms. The summed E-state index contributed by atoms with van der Waals surface area (Å²) in [6.45, 7) is 17.1. The highest BCUT2D eigenvalue weighted by molar-refractivity contribution is 5.97. The van der Waals surface area contributed by atoms with Crippen LogP contribution in [-0.4, -0.2) is 47.5 Å². The number of nitrogens with one attached hydrogen (secondary N) is 1. The molecule has 0 fully saturated rings. The van der Waals surface area contributed by atoms with E-state index in [1.54, 1.807) is 20.8 Å². The number of hydrogen-bond acceptors (Lipinski definition) is 4. The van der Waals surface area contributed by atoms with Gasteiger partial charge >= 0.3 is 0 Å². The standard InChI is InChI=1S/C19H36N2O3/c1-17(2,3)14(22)11-13(16(24)18(4,5)6)20-15(23)12-21(10)19(7,8)9/h13H,11-12H2,1-10H3,(H,20,23). The van der Waals surface area contributed by atoms with E-state index in [4.69, 9.17) is 0 Å². The van der Waals surface area contributed by atoms with Crippen molar-refractivity contribution in [1.29, 1.82) is 0 Å². The van der Waals surface area contributed by atoms with Crippen molar-refractivity contribution in [2.45, 2.75) is 80.3 Å². The topological polar surface area (TPSA) is 66.5 Å². The van der Waals surface area contributed by atoms with Crippen LogP contribution in [0.1, 0.15) is 68.7 Å². The van der Waals surface area contributed by atoms with Crippen LogP contribution in [0.4, 0.5) is 0 Å². The van der Waals surface area contributed by atoms with Crippen molar-refractivity contribution >= 4 is 17.5 Å². The highest BCUT2D eigenvalue weighted by Gasteiger charge is 2.35. The first-order valence-corrected chi connectivity index (χ1v) is 8.54. The van der Waals surface area contributed by atoms with Gasteiger partial charge in [0.05, 0.1) is 12.6 Å². The number of Topliss-reactive ketones (excluding diaryl/α,β-unsaturated/α-hetero) is 2. The molecule has 0 aromatic rings. The Hall–Kier alpha value is -1.23. The molecule has 0 aliphatic heterocycles. The SMILES string of the molecule is CN(CC(=O)NC(CC(=O)C(C)(C)C)C(=O)C(C)(C)C)C(C)(C)C. The molecule has 0 radical (unpaired) electrons. The van der Waals surface area contributed by atoms with Gasteiger partial charge in [-0.1, -0.05) is 41.5 Å². The van der Waals surface area contributed by atoms with Crippen LogP contribution in [0.2, 0.25) is 0 Å². The second-order valence-corrected chi connectivity index (χ2v) is 9.64. The molecule has 1 unspecified atom stereocenters. The Bertz CT molecular complexity index is 476. The fourth-order valence-electron chi connectivity index (χ4n) is 1.92. The average molecular weight is 341 g/mol. The maximum absolute atomic E-state index is 12.7. The molecule has 5 heteroatoms. The number of carbonyl (C=O) groups is 3. The number of nitrogens with zero attached hydrogens (tertiary/aromatic N) is 1. The number of carbonyl (C=O) groups excluding carboxylic acids is 3. The van der Waals surface area contributed by atoms with Gasteiger partial charge in [0, 0.05) is 22.8 Å². The van der Waals surface area contributed by atoms with E-state index in [2.05, 4.69) is 5.32 Å². The minimum absolute atomic E-state index is 0.0323. The third-order valence-corrected chi connectivity index (χ3v) is 4.14. The molecule has 140 valence electrons. The van der Waals surface area contributed by atoms with Crippen LogP contribution < -0.4 is 5.32 Å². The monoisotopic (exact) mass is 340 g/mol. The van der Waals surface area contributed by atoms with Crippen LogP contribution in [0.15, 0.2) is 0 Å². The Balaban J connectivity index is 5.19. The summed E-state index contributed by atoms with van der Waals surface area (Å²) in [5.74, 6) is -0.391. The van der Waals surface area contributed by atoms with E-state index in [0.29, 0.717) is 0 Å². The molecular formula is C19H36N2O3. The summed E-state index contributed by atoms with van der Waals surface area (Å²) >= 11 is 0. The number of amides is 1. The average Bonchev–Trinajstić information content (AvgIpc) is 2.33. The lowest BCUT2D eigenvalue weighted by Gasteiger charge is -2.32. The Morgan fingerprint density at radius 3 is 1.67 bits per heavy atom. The molecule has 0 rings (SSSR count). The van der Waals surface area contributed by atoms with Gasteiger partial charge in [-0.25, -0.2) is 0 Å². The minimum atomic E-state index is -0.780. The second kappa shape index (κ2) is 7.77. The van der Waals surface area contributed by atoms with Crippen LogP contribution >= 0.6 is 0 Å². The van der Waals surface area contributed by atoms with E-state index in [1.165, 1.54) is 0 Å². The smallest absolute Gasteiger partial charge is 0.234 e. The molecule has 0 saturated carbocycles. The Labute approximate surface area is 147 Å². The zero-order chi connectivity index (χ0) is 19.5. The van der Waals surface area contributed by atoms with Crippen molar-refractivity contribution in [1.82, 2.24) is 10.2 Å². The third-order valence-electron chi connectivity index (χ3n) is 4.14. The maximum atomic E-state index is 12.7. The van der Waals surface area contributed by atoms with E-state index in [0.717, 1.165) is 0 Å². The van der Waals surface area contributed by atoms with Crippen LogP contribution in [0.25, 0.3) is 0 Å². The van der Waals surface area contributed by atoms with Crippen molar-refractivity contribution < 1.29 is 14.4 Å². The van der Waals surface area contributed by atoms with Crippen LogP contribution in [-0.2, 0) is 14.4 Å². The summed E-state index contributed by atoms with van der Waals surface area (Å²) in [5.41, 5.74) is -1.31. The fourth-order valence-corrected chi connectivity index (χ4v) is 1.92. The molecule has 5 nitrogen and oxygen atoms in total. The second-order valence-electron chi connectivity index (χ2n) is 9.64. The quantitative estimate of drug-likeness (QED) is 0.807. The van der Waals surface area contributed by atoms with E-state index in [9.17, 15) is 14.4 Å². The first-order valence-electron chi connectivity index (χ1n) is 8.54. The Kier molecular flexibility index (Phi) is 7.37. The summed E-state index contributed by atoms with van der Waals surface area (Å²) in [6, 6.07) is -0.780. The van der Waals surface area contributed by atoms with Crippen molar-refractivity contribution in [3.8, 4) is 0 Å². The molecule has 0 saturated heterocycles. The number of ketones is 2. The summed E-state index contributed by atoms with van der Waals surface area (Å²) < 4.78 is 0.